The summed E-state index contributed by atoms with van der Waals surface area (Å²) in [6.45, 7) is 2.47. The number of ether oxygens (including phenoxy) is 1. The van der Waals surface area contributed by atoms with Crippen LogP contribution in [0, 0.1) is 0 Å². The predicted octanol–water partition coefficient (Wildman–Crippen LogP) is -0.966. The van der Waals surface area contributed by atoms with Crippen molar-refractivity contribution in [2.24, 2.45) is 0 Å². The molecule has 0 aliphatic carbocycles. The average molecular weight is 218 g/mol. The van der Waals surface area contributed by atoms with E-state index in [-0.39, 0.29) is 13.0 Å². The Balaban J connectivity index is 3.88. The molecule has 1 atom stereocenters. The zero-order chi connectivity index (χ0) is 11.8. The zero-order valence-corrected chi connectivity index (χ0v) is 8.57. The Morgan fingerprint density at radius 3 is 2.33 bits per heavy atom. The summed E-state index contributed by atoms with van der Waals surface area (Å²) in [5, 5.41) is 8.70. The first-order valence-electron chi connectivity index (χ1n) is 4.31. The van der Waals surface area contributed by atoms with Gasteiger partial charge in [0.05, 0.1) is 6.61 Å². The largest absolute Gasteiger partial charge is 0.480 e. The van der Waals surface area contributed by atoms with Crippen molar-refractivity contribution in [3.05, 3.63) is 0 Å². The first-order valence-corrected chi connectivity index (χ1v) is 4.31. The number of hydrogen-bond acceptors (Lipinski definition) is 5. The molecule has 0 saturated heterocycles. The lowest BCUT2D eigenvalue weighted by atomic mass is 10.2. The van der Waals surface area contributed by atoms with Gasteiger partial charge in [0.15, 0.2) is 0 Å². The van der Waals surface area contributed by atoms with Crippen LogP contribution in [0.25, 0.3) is 0 Å². The molecular formula is C8H14N2O5. The lowest BCUT2D eigenvalue weighted by molar-refractivity contribution is -0.145. The highest BCUT2D eigenvalue weighted by Gasteiger charge is 2.17. The van der Waals surface area contributed by atoms with Crippen LogP contribution in [-0.4, -0.2) is 35.6 Å². The number of carboxylic acids is 1. The monoisotopic (exact) mass is 218 g/mol. The van der Waals surface area contributed by atoms with Crippen molar-refractivity contribution < 1.29 is 24.2 Å². The Labute approximate surface area is 86.8 Å². The van der Waals surface area contributed by atoms with Gasteiger partial charge in [-0.15, -0.1) is 0 Å². The molecule has 0 aromatic carbocycles. The van der Waals surface area contributed by atoms with Gasteiger partial charge < -0.3 is 9.84 Å². The number of nitrogens with one attached hydrogen (secondary N) is 2. The first kappa shape index (κ1) is 13.4. The van der Waals surface area contributed by atoms with Crippen LogP contribution >= 0.6 is 0 Å². The third-order valence-corrected chi connectivity index (χ3v) is 1.43. The fourth-order valence-corrected chi connectivity index (χ4v) is 0.767. The van der Waals surface area contributed by atoms with Gasteiger partial charge in [-0.05, 0) is 0 Å². The fourth-order valence-electron chi connectivity index (χ4n) is 0.767. The van der Waals surface area contributed by atoms with Crippen molar-refractivity contribution in [1.82, 2.24) is 10.9 Å². The molecule has 0 aromatic heterocycles. The van der Waals surface area contributed by atoms with E-state index in [0.717, 1.165) is 0 Å². The first-order chi connectivity index (χ1) is 6.93. The Morgan fingerprint density at radius 1 is 1.33 bits per heavy atom. The van der Waals surface area contributed by atoms with Gasteiger partial charge in [0.25, 0.3) is 0 Å². The standard InChI is InChI=1S/C8H14N2O5/c1-5(11)9-10-7(8(13)14)3-4-15-6(2)12/h7,10H,3-4H2,1-2H3,(H,9,11)(H,13,14). The highest BCUT2D eigenvalue weighted by Crippen LogP contribution is 1.92. The highest BCUT2D eigenvalue weighted by molar-refractivity contribution is 5.75. The minimum Gasteiger partial charge on any atom is -0.480 e. The molecule has 3 N–H and O–H groups in total. The Morgan fingerprint density at radius 2 is 1.93 bits per heavy atom. The molecule has 0 saturated carbocycles. The molecule has 0 bridgehead atoms. The molecule has 0 aliphatic rings. The van der Waals surface area contributed by atoms with E-state index >= 15 is 0 Å². The molecule has 15 heavy (non-hydrogen) atoms. The molecular weight excluding hydrogens is 204 g/mol. The van der Waals surface area contributed by atoms with Gasteiger partial charge in [-0.25, -0.2) is 5.43 Å². The van der Waals surface area contributed by atoms with Crippen LogP contribution in [0.5, 0.6) is 0 Å². The number of carbonyl (C=O) groups excluding carboxylic acids is 2. The van der Waals surface area contributed by atoms with Crippen molar-refractivity contribution in [1.29, 1.82) is 0 Å². The van der Waals surface area contributed by atoms with Crippen LogP contribution in [0.2, 0.25) is 0 Å². The minimum absolute atomic E-state index is 0.0150. The van der Waals surface area contributed by atoms with Crippen molar-refractivity contribution >= 4 is 17.8 Å². The van der Waals surface area contributed by atoms with E-state index in [0.29, 0.717) is 0 Å². The minimum atomic E-state index is -1.13. The van der Waals surface area contributed by atoms with Gasteiger partial charge in [-0.2, -0.15) is 0 Å². The van der Waals surface area contributed by atoms with Crippen LogP contribution in [0.4, 0.5) is 0 Å². The topological polar surface area (TPSA) is 105 Å². The molecule has 0 spiro atoms. The van der Waals surface area contributed by atoms with E-state index in [1.54, 1.807) is 0 Å². The molecule has 0 fully saturated rings. The van der Waals surface area contributed by atoms with Crippen LogP contribution < -0.4 is 10.9 Å². The summed E-state index contributed by atoms with van der Waals surface area (Å²) in [4.78, 5) is 31.5. The molecule has 1 amide bonds. The molecule has 0 rings (SSSR count). The lowest BCUT2D eigenvalue weighted by Crippen LogP contribution is -2.47. The van der Waals surface area contributed by atoms with Gasteiger partial charge in [-0.1, -0.05) is 0 Å². The van der Waals surface area contributed by atoms with E-state index in [9.17, 15) is 14.4 Å². The number of esters is 1. The lowest BCUT2D eigenvalue weighted by Gasteiger charge is -2.13. The number of hydrogen-bond donors (Lipinski definition) is 3. The van der Waals surface area contributed by atoms with E-state index in [2.05, 4.69) is 15.6 Å². The Kier molecular flexibility index (Phi) is 6.03. The number of amides is 1. The molecule has 0 radical (unpaired) electrons. The van der Waals surface area contributed by atoms with Crippen LogP contribution in [-0.2, 0) is 19.1 Å². The molecule has 0 aliphatic heterocycles. The summed E-state index contributed by atoms with van der Waals surface area (Å²) in [6, 6.07) is -0.978. The number of hydrazine groups is 1. The van der Waals surface area contributed by atoms with Crippen LogP contribution in [0.1, 0.15) is 20.3 Å². The quantitative estimate of drug-likeness (QED) is 0.391. The second-order valence-electron chi connectivity index (χ2n) is 2.85. The van der Waals surface area contributed by atoms with Crippen LogP contribution in [0.15, 0.2) is 0 Å². The summed E-state index contributed by atoms with van der Waals surface area (Å²) in [5.74, 6) is -2.00. The zero-order valence-electron chi connectivity index (χ0n) is 8.57. The van der Waals surface area contributed by atoms with E-state index in [1.807, 2.05) is 0 Å². The van der Waals surface area contributed by atoms with Crippen molar-refractivity contribution in [3.63, 3.8) is 0 Å². The van der Waals surface area contributed by atoms with Crippen molar-refractivity contribution in [2.45, 2.75) is 26.3 Å². The molecule has 0 aromatic rings. The number of carboxylic acid groups (broad SMARTS) is 1. The molecule has 7 heteroatoms. The highest BCUT2D eigenvalue weighted by atomic mass is 16.5. The number of rotatable bonds is 6. The maximum Gasteiger partial charge on any atom is 0.322 e. The third kappa shape index (κ3) is 7.44. The van der Waals surface area contributed by atoms with Gasteiger partial charge in [0.2, 0.25) is 5.91 Å². The molecule has 7 nitrogen and oxygen atoms in total. The van der Waals surface area contributed by atoms with Gasteiger partial charge in [0.1, 0.15) is 6.04 Å². The van der Waals surface area contributed by atoms with E-state index in [4.69, 9.17) is 5.11 Å². The summed E-state index contributed by atoms with van der Waals surface area (Å²) >= 11 is 0. The van der Waals surface area contributed by atoms with E-state index in [1.165, 1.54) is 13.8 Å². The van der Waals surface area contributed by atoms with Crippen LogP contribution in [0.3, 0.4) is 0 Å². The van der Waals surface area contributed by atoms with Gasteiger partial charge in [-0.3, -0.25) is 19.8 Å². The molecule has 0 heterocycles. The third-order valence-electron chi connectivity index (χ3n) is 1.43. The second kappa shape index (κ2) is 6.77. The van der Waals surface area contributed by atoms with E-state index < -0.39 is 23.9 Å². The Hall–Kier alpha value is -1.63. The number of aliphatic carboxylic acids is 1. The summed E-state index contributed by atoms with van der Waals surface area (Å²) in [6.07, 6.45) is 0.0786. The normalized spacial score (nSPS) is 11.6. The van der Waals surface area contributed by atoms with Crippen molar-refractivity contribution in [2.75, 3.05) is 6.61 Å². The summed E-state index contributed by atoms with van der Waals surface area (Å²) < 4.78 is 4.57. The average Bonchev–Trinajstić information content (AvgIpc) is 2.09. The SMILES string of the molecule is CC(=O)NNC(CCOC(C)=O)C(=O)O. The van der Waals surface area contributed by atoms with Crippen molar-refractivity contribution in [3.8, 4) is 0 Å². The van der Waals surface area contributed by atoms with Gasteiger partial charge >= 0.3 is 11.9 Å². The second-order valence-corrected chi connectivity index (χ2v) is 2.85. The summed E-state index contributed by atoms with van der Waals surface area (Å²) in [5.41, 5.74) is 4.46. The molecule has 1 unspecified atom stereocenters. The molecule has 86 valence electrons. The maximum absolute atomic E-state index is 10.6. The smallest absolute Gasteiger partial charge is 0.322 e. The fraction of sp³-hybridized carbons (Fsp3) is 0.625. The predicted molar refractivity (Wildman–Crippen MR) is 49.6 cm³/mol. The Bertz CT molecular complexity index is 253. The van der Waals surface area contributed by atoms with Gasteiger partial charge in [0, 0.05) is 20.3 Å². The maximum atomic E-state index is 10.6. The number of carbonyl (C=O) groups is 3. The summed E-state index contributed by atoms with van der Waals surface area (Å²) in [7, 11) is 0.